The van der Waals surface area contributed by atoms with Gasteiger partial charge < -0.3 is 4.90 Å². The zero-order valence-corrected chi connectivity index (χ0v) is 17.4. The summed E-state index contributed by atoms with van der Waals surface area (Å²) in [4.78, 5) is 22.1. The van der Waals surface area contributed by atoms with Crippen LogP contribution in [0.4, 0.5) is 0 Å². The molecule has 1 aromatic heterocycles. The first kappa shape index (κ1) is 20.0. The monoisotopic (exact) mass is 407 g/mol. The molecule has 3 rings (SSSR count). The lowest BCUT2D eigenvalue weighted by Gasteiger charge is -2.34. The number of nitrogens with zero attached hydrogens (tertiary/aromatic N) is 3. The molecule has 0 saturated carbocycles. The van der Waals surface area contributed by atoms with E-state index < -0.39 is 9.84 Å². The van der Waals surface area contributed by atoms with Crippen LogP contribution in [-0.4, -0.2) is 73.8 Å². The number of piperazine rings is 1. The summed E-state index contributed by atoms with van der Waals surface area (Å²) in [6.07, 6.45) is 1.99. The predicted octanol–water partition coefficient (Wildman–Crippen LogP) is 1.84. The van der Waals surface area contributed by atoms with E-state index >= 15 is 0 Å². The fourth-order valence-corrected chi connectivity index (χ4v) is 4.77. The van der Waals surface area contributed by atoms with Gasteiger partial charge >= 0.3 is 0 Å². The summed E-state index contributed by atoms with van der Waals surface area (Å²) < 4.78 is 22.6. The van der Waals surface area contributed by atoms with E-state index in [-0.39, 0.29) is 11.7 Å². The Morgan fingerprint density at radius 3 is 2.44 bits per heavy atom. The largest absolute Gasteiger partial charge is 0.335 e. The molecule has 0 atom stereocenters. The quantitative estimate of drug-likeness (QED) is 0.731. The molecule has 2 aromatic rings. The number of hydrogen-bond acceptors (Lipinski definition) is 6. The summed E-state index contributed by atoms with van der Waals surface area (Å²) in [6.45, 7) is 5.07. The fourth-order valence-electron chi connectivity index (χ4n) is 3.11. The van der Waals surface area contributed by atoms with Gasteiger partial charge in [0.15, 0.2) is 0 Å². The van der Waals surface area contributed by atoms with Crippen LogP contribution in [0.25, 0.3) is 0 Å². The Bertz CT molecular complexity index is 886. The fraction of sp³-hybridized carbons (Fsp3) is 0.474. The molecule has 0 radical (unpaired) electrons. The molecule has 1 fully saturated rings. The summed E-state index contributed by atoms with van der Waals surface area (Å²) in [5, 5.41) is 0.953. The van der Waals surface area contributed by atoms with Gasteiger partial charge in [0.1, 0.15) is 14.7 Å². The highest BCUT2D eigenvalue weighted by Gasteiger charge is 2.25. The van der Waals surface area contributed by atoms with E-state index in [4.69, 9.17) is 0 Å². The second-order valence-electron chi connectivity index (χ2n) is 6.95. The third-order valence-corrected chi connectivity index (χ3v) is 6.74. The molecular weight excluding hydrogens is 382 g/mol. The van der Waals surface area contributed by atoms with Gasteiger partial charge in [0.2, 0.25) is 0 Å². The predicted molar refractivity (Wildman–Crippen MR) is 108 cm³/mol. The van der Waals surface area contributed by atoms with E-state index in [1.54, 1.807) is 0 Å². The lowest BCUT2D eigenvalue weighted by Crippen LogP contribution is -2.49. The van der Waals surface area contributed by atoms with E-state index in [2.05, 4.69) is 22.0 Å². The van der Waals surface area contributed by atoms with E-state index in [1.165, 1.54) is 23.2 Å². The second kappa shape index (κ2) is 8.50. The van der Waals surface area contributed by atoms with Gasteiger partial charge in [-0.15, -0.1) is 11.3 Å². The highest BCUT2D eigenvalue weighted by Crippen LogP contribution is 2.23. The molecule has 1 aliphatic rings. The van der Waals surface area contributed by atoms with Crippen molar-refractivity contribution in [2.45, 2.75) is 13.3 Å². The normalized spacial score (nSPS) is 15.9. The highest BCUT2D eigenvalue weighted by atomic mass is 32.2. The Morgan fingerprint density at radius 2 is 1.81 bits per heavy atom. The number of thiazole rings is 1. The zero-order chi connectivity index (χ0) is 19.4. The summed E-state index contributed by atoms with van der Waals surface area (Å²) in [5.74, 6) is 0.199. The molecule has 2 heterocycles. The van der Waals surface area contributed by atoms with E-state index in [1.807, 2.05) is 30.0 Å². The molecule has 0 bridgehead atoms. The van der Waals surface area contributed by atoms with Crippen LogP contribution >= 0.6 is 11.3 Å². The van der Waals surface area contributed by atoms with Gasteiger partial charge in [0, 0.05) is 45.4 Å². The van der Waals surface area contributed by atoms with E-state index in [9.17, 15) is 13.2 Å². The van der Waals surface area contributed by atoms with Gasteiger partial charge in [-0.1, -0.05) is 30.3 Å². The molecule has 0 spiro atoms. The summed E-state index contributed by atoms with van der Waals surface area (Å²) in [6, 6.07) is 10.1. The number of hydrogen-bond donors (Lipinski definition) is 0. The second-order valence-corrected chi connectivity index (χ2v) is 10.3. The Hall–Kier alpha value is -1.77. The molecule has 146 valence electrons. The average Bonchev–Trinajstić information content (AvgIpc) is 3.00. The van der Waals surface area contributed by atoms with Crippen molar-refractivity contribution in [2.24, 2.45) is 0 Å². The van der Waals surface area contributed by atoms with Gasteiger partial charge in [0.05, 0.1) is 16.5 Å². The van der Waals surface area contributed by atoms with Crippen molar-refractivity contribution < 1.29 is 13.2 Å². The number of benzene rings is 1. The molecular formula is C19H25N3O3S2. The molecule has 1 amide bonds. The van der Waals surface area contributed by atoms with Crippen LogP contribution in [0.2, 0.25) is 0 Å². The molecule has 1 aromatic carbocycles. The number of amides is 1. The minimum atomic E-state index is -2.95. The molecule has 1 aliphatic heterocycles. The minimum Gasteiger partial charge on any atom is -0.335 e. The van der Waals surface area contributed by atoms with Gasteiger partial charge in [0.25, 0.3) is 5.91 Å². The van der Waals surface area contributed by atoms with Crippen molar-refractivity contribution in [2.75, 3.05) is 44.7 Å². The van der Waals surface area contributed by atoms with Crippen molar-refractivity contribution >= 4 is 27.1 Å². The molecule has 8 heteroatoms. The van der Waals surface area contributed by atoms with Crippen molar-refractivity contribution in [1.82, 2.24) is 14.8 Å². The Balaban J connectivity index is 1.58. The van der Waals surface area contributed by atoms with Crippen LogP contribution in [0.1, 0.15) is 25.9 Å². The molecule has 27 heavy (non-hydrogen) atoms. The lowest BCUT2D eigenvalue weighted by atomic mass is 10.2. The standard InChI is InChI=1S/C19H25N3O3S2/c1-15-18(26-17(20-15)14-16-6-4-3-5-7-16)19(23)22-10-8-21(9-11-22)12-13-27(2,24)25/h3-7H,8-14H2,1-2H3. The first-order valence-corrected chi connectivity index (χ1v) is 11.9. The number of sulfone groups is 1. The summed E-state index contributed by atoms with van der Waals surface area (Å²) >= 11 is 1.48. The maximum absolute atomic E-state index is 12.9. The molecule has 0 unspecified atom stereocenters. The smallest absolute Gasteiger partial charge is 0.265 e. The van der Waals surface area contributed by atoms with Crippen LogP contribution in [0.3, 0.4) is 0 Å². The summed E-state index contributed by atoms with van der Waals surface area (Å²) in [5.41, 5.74) is 1.97. The number of rotatable bonds is 6. The van der Waals surface area contributed by atoms with Gasteiger partial charge in [-0.2, -0.15) is 0 Å². The molecule has 0 aliphatic carbocycles. The van der Waals surface area contributed by atoms with Gasteiger partial charge in [-0.3, -0.25) is 9.69 Å². The molecule has 1 saturated heterocycles. The number of aromatic nitrogens is 1. The number of carbonyl (C=O) groups is 1. The lowest BCUT2D eigenvalue weighted by molar-refractivity contribution is 0.0648. The number of aryl methyl sites for hydroxylation is 1. The van der Waals surface area contributed by atoms with Crippen molar-refractivity contribution in [1.29, 1.82) is 0 Å². The van der Waals surface area contributed by atoms with Crippen molar-refractivity contribution in [3.63, 3.8) is 0 Å². The first-order chi connectivity index (χ1) is 12.8. The Morgan fingerprint density at radius 1 is 1.15 bits per heavy atom. The topological polar surface area (TPSA) is 70.6 Å². The van der Waals surface area contributed by atoms with Crippen LogP contribution < -0.4 is 0 Å². The Labute approximate surface area is 164 Å². The van der Waals surface area contributed by atoms with E-state index in [0.29, 0.717) is 37.6 Å². The summed E-state index contributed by atoms with van der Waals surface area (Å²) in [7, 11) is -2.95. The SMILES string of the molecule is Cc1nc(Cc2ccccc2)sc1C(=O)N1CCN(CCS(C)(=O)=O)CC1. The Kier molecular flexibility index (Phi) is 6.29. The maximum atomic E-state index is 12.9. The number of carbonyl (C=O) groups excluding carboxylic acids is 1. The van der Waals surface area contributed by atoms with Crippen molar-refractivity contribution in [3.8, 4) is 0 Å². The highest BCUT2D eigenvalue weighted by molar-refractivity contribution is 7.90. The van der Waals surface area contributed by atoms with Crippen LogP contribution in [0.15, 0.2) is 30.3 Å². The van der Waals surface area contributed by atoms with Gasteiger partial charge in [-0.25, -0.2) is 13.4 Å². The van der Waals surface area contributed by atoms with E-state index in [0.717, 1.165) is 17.1 Å². The third-order valence-electron chi connectivity index (χ3n) is 4.67. The average molecular weight is 408 g/mol. The van der Waals surface area contributed by atoms with Crippen molar-refractivity contribution in [3.05, 3.63) is 51.5 Å². The zero-order valence-electron chi connectivity index (χ0n) is 15.7. The minimum absolute atomic E-state index is 0.0343. The van der Waals surface area contributed by atoms with Crippen LogP contribution in [-0.2, 0) is 16.3 Å². The van der Waals surface area contributed by atoms with Gasteiger partial charge in [-0.05, 0) is 12.5 Å². The van der Waals surface area contributed by atoms with Crippen LogP contribution in [0.5, 0.6) is 0 Å². The van der Waals surface area contributed by atoms with Crippen LogP contribution in [0, 0.1) is 6.92 Å². The maximum Gasteiger partial charge on any atom is 0.265 e. The third kappa shape index (κ3) is 5.60. The molecule has 0 N–H and O–H groups in total. The first-order valence-electron chi connectivity index (χ1n) is 9.01. The molecule has 6 nitrogen and oxygen atoms in total.